The highest BCUT2D eigenvalue weighted by Gasteiger charge is 2.20. The maximum Gasteiger partial charge on any atom is 0.122 e. The maximum atomic E-state index is 5.88. The molecule has 18 heavy (non-hydrogen) atoms. The lowest BCUT2D eigenvalue weighted by Crippen LogP contribution is -2.27. The lowest BCUT2D eigenvalue weighted by molar-refractivity contribution is 0.232. The van der Waals surface area contributed by atoms with Gasteiger partial charge in [-0.3, -0.25) is 4.90 Å². The Morgan fingerprint density at radius 2 is 2.22 bits per heavy atom. The van der Waals surface area contributed by atoms with E-state index in [0.29, 0.717) is 5.92 Å². The van der Waals surface area contributed by atoms with Crippen molar-refractivity contribution < 1.29 is 4.74 Å². The quantitative estimate of drug-likeness (QED) is 0.865. The average molecular weight is 248 g/mol. The second kappa shape index (κ2) is 6.21. The number of hydrogen-bond donors (Lipinski definition) is 1. The van der Waals surface area contributed by atoms with Gasteiger partial charge in [0.15, 0.2) is 0 Å². The molecule has 1 aliphatic rings. The van der Waals surface area contributed by atoms with Gasteiger partial charge in [0.25, 0.3) is 0 Å². The Kier molecular flexibility index (Phi) is 4.61. The Hall–Kier alpha value is -1.06. The molecule has 3 nitrogen and oxygen atoms in total. The van der Waals surface area contributed by atoms with Gasteiger partial charge in [-0.25, -0.2) is 0 Å². The predicted octanol–water partition coefficient (Wildman–Crippen LogP) is 1.96. The minimum absolute atomic E-state index is 0.686. The van der Waals surface area contributed by atoms with Crippen LogP contribution in [0.3, 0.4) is 0 Å². The van der Waals surface area contributed by atoms with Gasteiger partial charge in [0.1, 0.15) is 12.4 Å². The highest BCUT2D eigenvalue weighted by molar-refractivity contribution is 5.35. The van der Waals surface area contributed by atoms with Crippen LogP contribution >= 0.6 is 0 Å². The van der Waals surface area contributed by atoms with Crippen LogP contribution in [0.2, 0.25) is 0 Å². The second-order valence-corrected chi connectivity index (χ2v) is 5.31. The fourth-order valence-corrected chi connectivity index (χ4v) is 2.46. The van der Waals surface area contributed by atoms with Gasteiger partial charge in [-0.15, -0.1) is 0 Å². The summed E-state index contributed by atoms with van der Waals surface area (Å²) in [5, 5.41) is 0. The molecule has 3 heteroatoms. The Balaban J connectivity index is 1.77. The number of likely N-dealkylation sites (tertiary alicyclic amines) is 1. The molecule has 0 radical (unpaired) electrons. The minimum atomic E-state index is 0.686. The number of ether oxygens (including phenoxy) is 1. The van der Waals surface area contributed by atoms with Crippen LogP contribution < -0.4 is 10.5 Å². The lowest BCUT2D eigenvalue weighted by atomic mass is 10.1. The van der Waals surface area contributed by atoms with Crippen molar-refractivity contribution >= 4 is 0 Å². The predicted molar refractivity (Wildman–Crippen MR) is 75.0 cm³/mol. The summed E-state index contributed by atoms with van der Waals surface area (Å²) in [4.78, 5) is 2.45. The molecule has 1 aromatic rings. The number of nitrogens with two attached hydrogens (primary N) is 1. The van der Waals surface area contributed by atoms with Gasteiger partial charge in [-0.2, -0.15) is 0 Å². The SMILES string of the molecule is Cc1ccc(C)c(OCCN2CCC(CN)C2)c1. The van der Waals surface area contributed by atoms with E-state index in [1.807, 2.05) is 0 Å². The summed E-state index contributed by atoms with van der Waals surface area (Å²) in [6, 6.07) is 6.35. The maximum absolute atomic E-state index is 5.88. The lowest BCUT2D eigenvalue weighted by Gasteiger charge is -2.17. The van der Waals surface area contributed by atoms with Crippen molar-refractivity contribution in [2.24, 2.45) is 11.7 Å². The van der Waals surface area contributed by atoms with E-state index in [4.69, 9.17) is 10.5 Å². The van der Waals surface area contributed by atoms with Crippen molar-refractivity contribution in [1.82, 2.24) is 4.90 Å². The Labute approximate surface area is 110 Å². The molecule has 0 amide bonds. The molecule has 2 N–H and O–H groups in total. The molecule has 1 atom stereocenters. The van der Waals surface area contributed by atoms with Crippen LogP contribution in [0.15, 0.2) is 18.2 Å². The van der Waals surface area contributed by atoms with Crippen molar-refractivity contribution in [2.75, 3.05) is 32.8 Å². The zero-order chi connectivity index (χ0) is 13.0. The molecular formula is C15H24N2O. The Morgan fingerprint density at radius 3 is 2.94 bits per heavy atom. The first-order valence-corrected chi connectivity index (χ1v) is 6.81. The summed E-state index contributed by atoms with van der Waals surface area (Å²) in [6.45, 7) is 9.07. The zero-order valence-electron chi connectivity index (χ0n) is 11.5. The molecule has 2 rings (SSSR count). The summed E-state index contributed by atoms with van der Waals surface area (Å²) >= 11 is 0. The van der Waals surface area contributed by atoms with E-state index < -0.39 is 0 Å². The Bertz CT molecular complexity index is 392. The molecule has 0 spiro atoms. The first-order valence-electron chi connectivity index (χ1n) is 6.81. The molecule has 0 aliphatic carbocycles. The van der Waals surface area contributed by atoms with E-state index in [2.05, 4.69) is 36.9 Å². The van der Waals surface area contributed by atoms with Crippen molar-refractivity contribution in [3.63, 3.8) is 0 Å². The van der Waals surface area contributed by atoms with E-state index in [1.165, 1.54) is 17.5 Å². The molecule has 1 unspecified atom stereocenters. The summed E-state index contributed by atoms with van der Waals surface area (Å²) in [5.41, 5.74) is 8.15. The van der Waals surface area contributed by atoms with Crippen LogP contribution in [0, 0.1) is 19.8 Å². The number of nitrogens with zero attached hydrogens (tertiary/aromatic N) is 1. The van der Waals surface area contributed by atoms with Gasteiger partial charge in [-0.05, 0) is 56.5 Å². The topological polar surface area (TPSA) is 38.5 Å². The zero-order valence-corrected chi connectivity index (χ0v) is 11.5. The number of rotatable bonds is 5. The van der Waals surface area contributed by atoms with Gasteiger partial charge in [0, 0.05) is 13.1 Å². The van der Waals surface area contributed by atoms with E-state index >= 15 is 0 Å². The van der Waals surface area contributed by atoms with Crippen LogP contribution in [0.5, 0.6) is 5.75 Å². The number of benzene rings is 1. The van der Waals surface area contributed by atoms with Gasteiger partial charge in [-0.1, -0.05) is 12.1 Å². The second-order valence-electron chi connectivity index (χ2n) is 5.31. The van der Waals surface area contributed by atoms with E-state index in [0.717, 1.165) is 38.5 Å². The van der Waals surface area contributed by atoms with Crippen LogP contribution in [-0.4, -0.2) is 37.7 Å². The minimum Gasteiger partial charge on any atom is -0.492 e. The fraction of sp³-hybridized carbons (Fsp3) is 0.600. The van der Waals surface area contributed by atoms with Crippen molar-refractivity contribution in [2.45, 2.75) is 20.3 Å². The van der Waals surface area contributed by atoms with Crippen molar-refractivity contribution in [3.8, 4) is 5.75 Å². The molecule has 1 aromatic carbocycles. The summed E-state index contributed by atoms with van der Waals surface area (Å²) in [6.07, 6.45) is 1.24. The molecule has 1 saturated heterocycles. The standard InChI is InChI=1S/C15H24N2O/c1-12-3-4-13(2)15(9-12)18-8-7-17-6-5-14(10-16)11-17/h3-4,9,14H,5-8,10-11,16H2,1-2H3. The van der Waals surface area contributed by atoms with Gasteiger partial charge in [0.2, 0.25) is 0 Å². The third-order valence-corrected chi connectivity index (χ3v) is 3.71. The number of aryl methyl sites for hydroxylation is 2. The highest BCUT2D eigenvalue weighted by atomic mass is 16.5. The molecule has 1 heterocycles. The summed E-state index contributed by atoms with van der Waals surface area (Å²) < 4.78 is 5.88. The van der Waals surface area contributed by atoms with Crippen molar-refractivity contribution in [3.05, 3.63) is 29.3 Å². The Morgan fingerprint density at radius 1 is 1.39 bits per heavy atom. The van der Waals surface area contributed by atoms with E-state index in [1.54, 1.807) is 0 Å². The highest BCUT2D eigenvalue weighted by Crippen LogP contribution is 2.19. The van der Waals surface area contributed by atoms with Crippen molar-refractivity contribution in [1.29, 1.82) is 0 Å². The monoisotopic (exact) mass is 248 g/mol. The molecule has 0 aromatic heterocycles. The summed E-state index contributed by atoms with van der Waals surface area (Å²) in [7, 11) is 0. The van der Waals surface area contributed by atoms with E-state index in [9.17, 15) is 0 Å². The molecule has 0 saturated carbocycles. The van der Waals surface area contributed by atoms with Gasteiger partial charge in [0.05, 0.1) is 0 Å². The molecule has 1 fully saturated rings. The summed E-state index contributed by atoms with van der Waals surface area (Å²) in [5.74, 6) is 1.70. The van der Waals surface area contributed by atoms with Crippen LogP contribution in [0.25, 0.3) is 0 Å². The molecule has 0 bridgehead atoms. The third kappa shape index (κ3) is 3.47. The molecular weight excluding hydrogens is 224 g/mol. The van der Waals surface area contributed by atoms with Gasteiger partial charge < -0.3 is 10.5 Å². The smallest absolute Gasteiger partial charge is 0.122 e. The first-order chi connectivity index (χ1) is 8.69. The van der Waals surface area contributed by atoms with Crippen LogP contribution in [0.4, 0.5) is 0 Å². The van der Waals surface area contributed by atoms with Crippen LogP contribution in [0.1, 0.15) is 17.5 Å². The number of hydrogen-bond acceptors (Lipinski definition) is 3. The van der Waals surface area contributed by atoms with Gasteiger partial charge >= 0.3 is 0 Å². The fourth-order valence-electron chi connectivity index (χ4n) is 2.46. The molecule has 1 aliphatic heterocycles. The normalized spacial score (nSPS) is 20.3. The average Bonchev–Trinajstić information content (AvgIpc) is 2.81. The van der Waals surface area contributed by atoms with Crippen LogP contribution in [-0.2, 0) is 0 Å². The molecule has 100 valence electrons. The largest absolute Gasteiger partial charge is 0.492 e. The first kappa shape index (κ1) is 13.4. The third-order valence-electron chi connectivity index (χ3n) is 3.71. The van der Waals surface area contributed by atoms with E-state index in [-0.39, 0.29) is 0 Å².